The molecule has 11 heteroatoms. The van der Waals surface area contributed by atoms with Crippen LogP contribution in [-0.2, 0) is 19.8 Å². The molecule has 2 amide bonds. The molecular weight excluding hydrogens is 398 g/mol. The maximum absolute atomic E-state index is 13.1. The minimum Gasteiger partial charge on any atom is -0.481 e. The van der Waals surface area contributed by atoms with Crippen LogP contribution in [0, 0.1) is 0 Å². The predicted molar refractivity (Wildman–Crippen MR) is 107 cm³/mol. The highest BCUT2D eigenvalue weighted by Crippen LogP contribution is 2.26. The van der Waals surface area contributed by atoms with Crippen LogP contribution in [0.2, 0.25) is 0 Å². The minimum absolute atomic E-state index is 0.151. The Morgan fingerprint density at radius 2 is 1.97 bits per heavy atom. The van der Waals surface area contributed by atoms with Gasteiger partial charge in [0.05, 0.1) is 18.0 Å². The highest BCUT2D eigenvalue weighted by molar-refractivity contribution is 7.87. The van der Waals surface area contributed by atoms with Crippen LogP contribution < -0.4 is 10.1 Å². The molecule has 2 aromatic rings. The maximum atomic E-state index is 13.1. The molecule has 1 aliphatic heterocycles. The zero-order valence-electron chi connectivity index (χ0n) is 16.2. The van der Waals surface area contributed by atoms with E-state index in [4.69, 9.17) is 4.74 Å². The molecule has 156 valence electrons. The number of piperazine rings is 1. The third-order valence-corrected chi connectivity index (χ3v) is 6.61. The molecule has 29 heavy (non-hydrogen) atoms. The molecule has 1 aliphatic rings. The van der Waals surface area contributed by atoms with E-state index < -0.39 is 22.2 Å². The number of nitrogens with zero attached hydrogens (tertiary/aromatic N) is 4. The van der Waals surface area contributed by atoms with Crippen molar-refractivity contribution in [2.45, 2.75) is 13.0 Å². The number of carbonyl (C=O) groups is 2. The third kappa shape index (κ3) is 3.96. The Morgan fingerprint density at radius 3 is 2.59 bits per heavy atom. The van der Waals surface area contributed by atoms with Crippen LogP contribution in [0.15, 0.2) is 37.2 Å². The van der Waals surface area contributed by atoms with E-state index in [0.717, 1.165) is 6.08 Å². The van der Waals surface area contributed by atoms with Gasteiger partial charge in [0.1, 0.15) is 6.04 Å². The lowest BCUT2D eigenvalue weighted by Gasteiger charge is -2.35. The van der Waals surface area contributed by atoms with Crippen molar-refractivity contribution in [3.63, 3.8) is 0 Å². The molecule has 0 spiro atoms. The largest absolute Gasteiger partial charge is 0.481 e. The van der Waals surface area contributed by atoms with Gasteiger partial charge in [-0.1, -0.05) is 6.58 Å². The molecular formula is C18H23N5O5S. The van der Waals surface area contributed by atoms with Crippen LogP contribution in [0.5, 0.6) is 5.88 Å². The molecule has 0 aromatic carbocycles. The first-order chi connectivity index (χ1) is 13.8. The second-order valence-corrected chi connectivity index (χ2v) is 8.34. The first kappa shape index (κ1) is 20.8. The van der Waals surface area contributed by atoms with Crippen molar-refractivity contribution in [2.24, 2.45) is 0 Å². The molecule has 1 N–H and O–H groups in total. The summed E-state index contributed by atoms with van der Waals surface area (Å²) >= 11 is 0. The van der Waals surface area contributed by atoms with E-state index in [1.165, 1.54) is 27.8 Å². The fraction of sp³-hybridized carbons (Fsp3) is 0.389. The van der Waals surface area contributed by atoms with Crippen molar-refractivity contribution < 1.29 is 22.7 Å². The maximum Gasteiger partial charge on any atom is 0.308 e. The number of methoxy groups -OCH3 is 1. The van der Waals surface area contributed by atoms with Gasteiger partial charge < -0.3 is 15.0 Å². The SMILES string of the molecule is C=CC(=O)N[C@H](C)C(=O)N1CCN(S(=O)(=O)n2ccc3c(OC)nccc32)CC1. The molecule has 3 rings (SSSR count). The molecule has 1 saturated heterocycles. The number of ether oxygens (including phenoxy) is 1. The van der Waals surface area contributed by atoms with E-state index in [9.17, 15) is 18.0 Å². The minimum atomic E-state index is -3.82. The monoisotopic (exact) mass is 421 g/mol. The van der Waals surface area contributed by atoms with Gasteiger partial charge in [-0.05, 0) is 25.1 Å². The number of amides is 2. The Kier molecular flexibility index (Phi) is 5.89. The third-order valence-electron chi connectivity index (χ3n) is 4.78. The number of aromatic nitrogens is 2. The number of rotatable bonds is 6. The molecule has 0 saturated carbocycles. The van der Waals surface area contributed by atoms with Crippen LogP contribution in [0.25, 0.3) is 10.9 Å². The van der Waals surface area contributed by atoms with E-state index in [1.807, 2.05) is 0 Å². The molecule has 1 atom stereocenters. The fourth-order valence-corrected chi connectivity index (χ4v) is 4.75. The molecule has 0 radical (unpaired) electrons. The summed E-state index contributed by atoms with van der Waals surface area (Å²) in [7, 11) is -2.34. The molecule has 10 nitrogen and oxygen atoms in total. The second kappa shape index (κ2) is 8.21. The van der Waals surface area contributed by atoms with Gasteiger partial charge in [0.2, 0.25) is 17.7 Å². The van der Waals surface area contributed by atoms with Crippen LogP contribution >= 0.6 is 0 Å². The average Bonchev–Trinajstić information content (AvgIpc) is 3.18. The van der Waals surface area contributed by atoms with Gasteiger partial charge in [0.15, 0.2) is 0 Å². The van der Waals surface area contributed by atoms with Crippen LogP contribution in [0.3, 0.4) is 0 Å². The van der Waals surface area contributed by atoms with Crippen molar-refractivity contribution >= 4 is 32.9 Å². The first-order valence-electron chi connectivity index (χ1n) is 9.02. The van der Waals surface area contributed by atoms with Crippen LogP contribution in [-0.4, -0.2) is 77.7 Å². The van der Waals surface area contributed by atoms with Gasteiger partial charge in [-0.2, -0.15) is 12.7 Å². The lowest BCUT2D eigenvalue weighted by atomic mass is 10.2. The van der Waals surface area contributed by atoms with E-state index in [-0.39, 0.29) is 32.1 Å². The molecule has 3 heterocycles. The zero-order chi connectivity index (χ0) is 21.2. The standard InChI is InChI=1S/C18H23N5O5S/c1-4-16(24)20-13(2)18(25)21-9-11-22(12-10-21)29(26,27)23-8-6-14-15(23)5-7-19-17(14)28-3/h4-8,13H,1,9-12H2,2-3H3,(H,20,24)/t13-/m1/s1. The zero-order valence-corrected chi connectivity index (χ0v) is 17.1. The quantitative estimate of drug-likeness (QED) is 0.656. The van der Waals surface area contributed by atoms with Crippen molar-refractivity contribution in [1.29, 1.82) is 0 Å². The van der Waals surface area contributed by atoms with Gasteiger partial charge in [-0.15, -0.1) is 0 Å². The van der Waals surface area contributed by atoms with Crippen molar-refractivity contribution in [1.82, 2.24) is 23.5 Å². The van der Waals surface area contributed by atoms with Crippen molar-refractivity contribution in [3.05, 3.63) is 37.2 Å². The summed E-state index contributed by atoms with van der Waals surface area (Å²) < 4.78 is 33.9. The summed E-state index contributed by atoms with van der Waals surface area (Å²) in [6.45, 7) is 5.71. The van der Waals surface area contributed by atoms with Gasteiger partial charge in [0.25, 0.3) is 0 Å². The van der Waals surface area contributed by atoms with Gasteiger partial charge in [-0.25, -0.2) is 8.96 Å². The predicted octanol–water partition coefficient (Wildman–Crippen LogP) is -0.0273. The van der Waals surface area contributed by atoms with Gasteiger partial charge >= 0.3 is 10.2 Å². The van der Waals surface area contributed by atoms with Gasteiger partial charge in [0, 0.05) is 38.6 Å². The summed E-state index contributed by atoms with van der Waals surface area (Å²) in [5.74, 6) is -0.349. The normalized spacial score (nSPS) is 16.4. The summed E-state index contributed by atoms with van der Waals surface area (Å²) in [6, 6.07) is 2.54. The number of hydrogen-bond acceptors (Lipinski definition) is 6. The molecule has 0 aliphatic carbocycles. The molecule has 0 bridgehead atoms. The highest BCUT2D eigenvalue weighted by Gasteiger charge is 2.32. The van der Waals surface area contributed by atoms with Gasteiger partial charge in [-0.3, -0.25) is 9.59 Å². The Bertz CT molecular complexity index is 1040. The topological polar surface area (TPSA) is 114 Å². The lowest BCUT2D eigenvalue weighted by molar-refractivity contribution is -0.136. The number of pyridine rings is 1. The van der Waals surface area contributed by atoms with E-state index in [1.54, 1.807) is 24.0 Å². The smallest absolute Gasteiger partial charge is 0.308 e. The fourth-order valence-electron chi connectivity index (χ4n) is 3.25. The Labute approximate surface area is 168 Å². The van der Waals surface area contributed by atoms with Crippen molar-refractivity contribution in [3.8, 4) is 5.88 Å². The average molecular weight is 421 g/mol. The number of carbonyl (C=O) groups excluding carboxylic acids is 2. The molecule has 2 aromatic heterocycles. The Balaban J connectivity index is 1.73. The number of nitrogens with one attached hydrogen (secondary N) is 1. The summed E-state index contributed by atoms with van der Waals surface area (Å²) in [6.07, 6.45) is 4.05. The number of fused-ring (bicyclic) bond motifs is 1. The van der Waals surface area contributed by atoms with E-state index >= 15 is 0 Å². The summed E-state index contributed by atoms with van der Waals surface area (Å²) in [5, 5.41) is 3.12. The summed E-state index contributed by atoms with van der Waals surface area (Å²) in [5.41, 5.74) is 0.469. The van der Waals surface area contributed by atoms with Crippen LogP contribution in [0.1, 0.15) is 6.92 Å². The Morgan fingerprint density at radius 1 is 1.28 bits per heavy atom. The highest BCUT2D eigenvalue weighted by atomic mass is 32.2. The van der Waals surface area contributed by atoms with E-state index in [0.29, 0.717) is 16.8 Å². The molecule has 0 unspecified atom stereocenters. The summed E-state index contributed by atoms with van der Waals surface area (Å²) in [4.78, 5) is 29.5. The molecule has 1 fully saturated rings. The van der Waals surface area contributed by atoms with Crippen molar-refractivity contribution in [2.75, 3.05) is 33.3 Å². The lowest BCUT2D eigenvalue weighted by Crippen LogP contribution is -2.55. The first-order valence-corrected chi connectivity index (χ1v) is 10.4. The second-order valence-electron chi connectivity index (χ2n) is 6.53. The van der Waals surface area contributed by atoms with E-state index in [2.05, 4.69) is 16.9 Å². The number of hydrogen-bond donors (Lipinski definition) is 1. The Hall–Kier alpha value is -2.92. The van der Waals surface area contributed by atoms with Crippen LogP contribution in [0.4, 0.5) is 0 Å².